The summed E-state index contributed by atoms with van der Waals surface area (Å²) in [6.45, 7) is 3.93. The lowest BCUT2D eigenvalue weighted by Gasteiger charge is -2.14. The molecule has 0 bridgehead atoms. The molecule has 7 heteroatoms. The number of ether oxygens (including phenoxy) is 1. The first kappa shape index (κ1) is 16.9. The Morgan fingerprint density at radius 2 is 2.17 bits per heavy atom. The Kier molecular flexibility index (Phi) is 4.56. The van der Waals surface area contributed by atoms with Crippen molar-refractivity contribution in [2.45, 2.75) is 37.7 Å². The molecule has 0 saturated heterocycles. The van der Waals surface area contributed by atoms with Crippen LogP contribution in [0.5, 0.6) is 0 Å². The topological polar surface area (TPSA) is 85.4 Å². The number of amides is 1. The first-order valence-electron chi connectivity index (χ1n) is 7.90. The molecule has 1 N–H and O–H groups in total. The third kappa shape index (κ3) is 3.73. The van der Waals surface area contributed by atoms with Crippen LogP contribution in [0.25, 0.3) is 10.9 Å². The Morgan fingerprint density at radius 1 is 1.42 bits per heavy atom. The van der Waals surface area contributed by atoms with Crippen molar-refractivity contribution in [3.63, 3.8) is 0 Å². The number of carbonyl (C=O) groups excluding carboxylic acids is 1. The van der Waals surface area contributed by atoms with Crippen molar-refractivity contribution in [3.05, 3.63) is 36.0 Å². The second-order valence-corrected chi connectivity index (χ2v) is 7.88. The van der Waals surface area contributed by atoms with Gasteiger partial charge in [-0.1, -0.05) is 12.1 Å². The van der Waals surface area contributed by atoms with Crippen molar-refractivity contribution in [1.29, 1.82) is 0 Å². The molecule has 1 aliphatic carbocycles. The van der Waals surface area contributed by atoms with E-state index in [1.54, 1.807) is 25.3 Å². The molecule has 1 aliphatic rings. The molecule has 1 amide bonds. The van der Waals surface area contributed by atoms with Crippen LogP contribution in [0, 0.1) is 12.8 Å². The van der Waals surface area contributed by atoms with E-state index in [0.717, 1.165) is 18.4 Å². The average Bonchev–Trinajstić information content (AvgIpc) is 3.35. The number of hydrogen-bond donors (Lipinski definition) is 1. The molecule has 0 spiro atoms. The van der Waals surface area contributed by atoms with Crippen molar-refractivity contribution in [3.8, 4) is 0 Å². The van der Waals surface area contributed by atoms with E-state index < -0.39 is 22.0 Å². The largest absolute Gasteiger partial charge is 0.368 e. The van der Waals surface area contributed by atoms with Gasteiger partial charge in [-0.3, -0.25) is 9.78 Å². The second-order valence-electron chi connectivity index (χ2n) is 6.23. The summed E-state index contributed by atoms with van der Waals surface area (Å²) in [5.74, 6) is -0.165. The zero-order chi connectivity index (χ0) is 17.3. The highest BCUT2D eigenvalue weighted by Crippen LogP contribution is 2.29. The maximum atomic E-state index is 12.6. The van der Waals surface area contributed by atoms with Crippen LogP contribution in [0.3, 0.4) is 0 Å². The quantitative estimate of drug-likeness (QED) is 0.865. The zero-order valence-corrected chi connectivity index (χ0v) is 14.5. The van der Waals surface area contributed by atoms with Crippen LogP contribution >= 0.6 is 0 Å². The summed E-state index contributed by atoms with van der Waals surface area (Å²) in [5, 5.41) is 0.711. The van der Waals surface area contributed by atoms with E-state index in [1.807, 2.05) is 13.0 Å². The van der Waals surface area contributed by atoms with Gasteiger partial charge < -0.3 is 4.74 Å². The number of fused-ring (bicyclic) bond motifs is 1. The Labute approximate surface area is 141 Å². The smallest absolute Gasteiger partial charge is 0.266 e. The van der Waals surface area contributed by atoms with E-state index >= 15 is 0 Å². The van der Waals surface area contributed by atoms with Crippen LogP contribution in [0.15, 0.2) is 35.4 Å². The fourth-order valence-electron chi connectivity index (χ4n) is 2.37. The van der Waals surface area contributed by atoms with Gasteiger partial charge in [0, 0.05) is 11.6 Å². The maximum Gasteiger partial charge on any atom is 0.266 e. The summed E-state index contributed by atoms with van der Waals surface area (Å²) < 4.78 is 32.6. The van der Waals surface area contributed by atoms with Gasteiger partial charge in [0.25, 0.3) is 15.9 Å². The molecule has 128 valence electrons. The Morgan fingerprint density at radius 3 is 2.88 bits per heavy atom. The lowest BCUT2D eigenvalue weighted by Crippen LogP contribution is -2.39. The molecule has 2 aromatic rings. The monoisotopic (exact) mass is 348 g/mol. The number of nitrogens with one attached hydrogen (secondary N) is 1. The van der Waals surface area contributed by atoms with Crippen molar-refractivity contribution in [2.75, 3.05) is 6.61 Å². The summed E-state index contributed by atoms with van der Waals surface area (Å²) in [6, 6.07) is 6.72. The van der Waals surface area contributed by atoms with Crippen LogP contribution < -0.4 is 4.72 Å². The van der Waals surface area contributed by atoms with Gasteiger partial charge in [0.05, 0.1) is 12.1 Å². The normalized spacial score (nSPS) is 16.1. The summed E-state index contributed by atoms with van der Waals surface area (Å²) in [6.07, 6.45) is 3.00. The Bertz CT molecular complexity index is 875. The summed E-state index contributed by atoms with van der Waals surface area (Å²) in [5.41, 5.74) is 1.28. The minimum atomic E-state index is -4.01. The highest BCUT2D eigenvalue weighted by molar-refractivity contribution is 7.90. The number of benzene rings is 1. The number of aromatic nitrogens is 1. The molecule has 1 atom stereocenters. The third-order valence-electron chi connectivity index (χ3n) is 3.98. The number of hydrogen-bond acceptors (Lipinski definition) is 5. The van der Waals surface area contributed by atoms with Crippen LogP contribution in [-0.2, 0) is 19.6 Å². The fourth-order valence-corrected chi connectivity index (χ4v) is 3.59. The second kappa shape index (κ2) is 6.49. The van der Waals surface area contributed by atoms with Crippen molar-refractivity contribution >= 4 is 26.8 Å². The van der Waals surface area contributed by atoms with Crippen LogP contribution in [0.4, 0.5) is 0 Å². The molecule has 1 saturated carbocycles. The number of sulfonamides is 1. The van der Waals surface area contributed by atoms with Gasteiger partial charge in [0.1, 0.15) is 11.0 Å². The lowest BCUT2D eigenvalue weighted by atomic mass is 10.2. The number of carbonyl (C=O) groups is 1. The number of pyridine rings is 1. The van der Waals surface area contributed by atoms with Crippen molar-refractivity contribution < 1.29 is 17.9 Å². The minimum Gasteiger partial charge on any atom is -0.368 e. The SMILES string of the molecule is Cc1cnc2c(S(=O)(=O)NC(=O)[C@@H](C)OCC3CC3)cccc2c1. The van der Waals surface area contributed by atoms with Gasteiger partial charge in [0.15, 0.2) is 0 Å². The predicted octanol–water partition coefficient (Wildman–Crippen LogP) is 2.16. The summed E-state index contributed by atoms with van der Waals surface area (Å²) in [7, 11) is -4.01. The molecular weight excluding hydrogens is 328 g/mol. The van der Waals surface area contributed by atoms with E-state index in [1.165, 1.54) is 6.07 Å². The first-order chi connectivity index (χ1) is 11.4. The number of para-hydroxylation sites is 1. The van der Waals surface area contributed by atoms with Crippen LogP contribution in [-0.4, -0.2) is 32.0 Å². The van der Waals surface area contributed by atoms with E-state index in [4.69, 9.17) is 4.74 Å². The lowest BCUT2D eigenvalue weighted by molar-refractivity contribution is -0.130. The van der Waals surface area contributed by atoms with Gasteiger partial charge in [-0.25, -0.2) is 13.1 Å². The van der Waals surface area contributed by atoms with Crippen LogP contribution in [0.1, 0.15) is 25.3 Å². The molecule has 24 heavy (non-hydrogen) atoms. The van der Waals surface area contributed by atoms with E-state index in [2.05, 4.69) is 9.71 Å². The molecule has 0 aliphatic heterocycles. The van der Waals surface area contributed by atoms with Gasteiger partial charge in [-0.05, 0) is 50.3 Å². The number of aryl methyl sites for hydroxylation is 1. The molecule has 6 nitrogen and oxygen atoms in total. The predicted molar refractivity (Wildman–Crippen MR) is 89.9 cm³/mol. The van der Waals surface area contributed by atoms with Gasteiger partial charge in [0.2, 0.25) is 0 Å². The van der Waals surface area contributed by atoms with Crippen LogP contribution in [0.2, 0.25) is 0 Å². The van der Waals surface area contributed by atoms with Crippen molar-refractivity contribution in [2.24, 2.45) is 5.92 Å². The molecule has 1 fully saturated rings. The minimum absolute atomic E-state index is 0.0113. The number of rotatable bonds is 6. The van der Waals surface area contributed by atoms with Gasteiger partial charge >= 0.3 is 0 Å². The molecule has 0 unspecified atom stereocenters. The molecule has 1 aromatic heterocycles. The van der Waals surface area contributed by atoms with E-state index in [-0.39, 0.29) is 4.90 Å². The van der Waals surface area contributed by atoms with E-state index in [0.29, 0.717) is 23.4 Å². The maximum absolute atomic E-state index is 12.6. The highest BCUT2D eigenvalue weighted by atomic mass is 32.2. The van der Waals surface area contributed by atoms with Gasteiger partial charge in [-0.15, -0.1) is 0 Å². The molecular formula is C17H20N2O4S. The molecule has 0 radical (unpaired) electrons. The average molecular weight is 348 g/mol. The van der Waals surface area contributed by atoms with Crippen molar-refractivity contribution in [1.82, 2.24) is 9.71 Å². The molecule has 1 heterocycles. The Balaban J connectivity index is 1.81. The Hall–Kier alpha value is -1.99. The fraction of sp³-hybridized carbons (Fsp3) is 0.412. The highest BCUT2D eigenvalue weighted by Gasteiger charge is 2.27. The number of nitrogens with zero attached hydrogens (tertiary/aromatic N) is 1. The zero-order valence-electron chi connectivity index (χ0n) is 13.7. The van der Waals surface area contributed by atoms with Gasteiger partial charge in [-0.2, -0.15) is 0 Å². The molecule has 1 aromatic carbocycles. The molecule has 3 rings (SSSR count). The standard InChI is InChI=1S/C17H20N2O4S/c1-11-8-14-4-3-5-15(16(14)18-9-11)24(21,22)19-17(20)12(2)23-10-13-6-7-13/h3-5,8-9,12-13H,6-7,10H2,1-2H3,(H,19,20)/t12-/m1/s1. The third-order valence-corrected chi connectivity index (χ3v) is 5.36. The summed E-state index contributed by atoms with van der Waals surface area (Å²) >= 11 is 0. The first-order valence-corrected chi connectivity index (χ1v) is 9.39. The van der Waals surface area contributed by atoms with E-state index in [9.17, 15) is 13.2 Å². The summed E-state index contributed by atoms with van der Waals surface area (Å²) in [4.78, 5) is 16.3.